The fraction of sp³-hybridized carbons (Fsp3) is 0.100. The van der Waals surface area contributed by atoms with Crippen LogP contribution in [-0.2, 0) is 0 Å². The smallest absolute Gasteiger partial charge is 0.246 e. The van der Waals surface area contributed by atoms with E-state index in [1.54, 1.807) is 5.20 Å². The molecule has 0 atom stereocenters. The van der Waals surface area contributed by atoms with Gasteiger partial charge in [-0.15, -0.1) is 0 Å². The number of benzene rings is 4. The predicted octanol–water partition coefficient (Wildman–Crippen LogP) is 9.87. The number of hydrogen-bond acceptors (Lipinski definition) is 2. The van der Waals surface area contributed by atoms with Crippen LogP contribution < -0.4 is 15.3 Å². The number of rotatable bonds is 6. The SMILES string of the molecule is C=C(/C=C1\C(=C/C)B2C3=C(c4cccc(c42)N1c1ccccc1)[Si](C)(C)C(/C=C\C)=C3)N(c1ccccc1)c1ccccc1. The van der Waals surface area contributed by atoms with Crippen LogP contribution in [0.2, 0.25) is 13.1 Å². The summed E-state index contributed by atoms with van der Waals surface area (Å²) in [4.78, 5) is 4.71. The second-order valence-electron chi connectivity index (χ2n) is 12.2. The van der Waals surface area contributed by atoms with Crippen LogP contribution in [0.1, 0.15) is 19.4 Å². The van der Waals surface area contributed by atoms with Crippen molar-refractivity contribution in [3.05, 3.63) is 179 Å². The lowest BCUT2D eigenvalue weighted by Crippen LogP contribution is -2.45. The van der Waals surface area contributed by atoms with Crippen molar-refractivity contribution in [2.45, 2.75) is 26.9 Å². The van der Waals surface area contributed by atoms with E-state index in [1.807, 2.05) is 0 Å². The third-order valence-electron chi connectivity index (χ3n) is 9.28. The summed E-state index contributed by atoms with van der Waals surface area (Å²) in [6, 6.07) is 38.8. The molecule has 0 spiro atoms. The quantitative estimate of drug-likeness (QED) is 0.208. The standard InChI is InChI=1S/C40H37BN2Si/c1-6-18-33-28-36-40(44(33,4)5)34-25-17-26-37-39(34)41(36)35(7-2)38(43(37)32-23-15-10-16-24-32)27-29(3)42(30-19-11-8-12-20-30)31-21-13-9-14-22-31/h6-28H,3H2,1-2,4-5H3/b18-6-,35-7+,38-27+. The molecule has 44 heavy (non-hydrogen) atoms. The number of anilines is 4. The van der Waals surface area contributed by atoms with Gasteiger partial charge in [-0.1, -0.05) is 127 Å². The molecule has 3 aliphatic heterocycles. The maximum atomic E-state index is 4.71. The van der Waals surface area contributed by atoms with E-state index >= 15 is 0 Å². The minimum Gasteiger partial charge on any atom is -0.311 e. The maximum Gasteiger partial charge on any atom is 0.246 e. The van der Waals surface area contributed by atoms with Crippen LogP contribution >= 0.6 is 0 Å². The summed E-state index contributed by atoms with van der Waals surface area (Å²) in [7, 11) is -1.87. The van der Waals surface area contributed by atoms with Gasteiger partial charge in [0.15, 0.2) is 0 Å². The highest BCUT2D eigenvalue weighted by Gasteiger charge is 2.51. The van der Waals surface area contributed by atoms with Gasteiger partial charge in [0, 0.05) is 34.1 Å². The van der Waals surface area contributed by atoms with E-state index in [0.29, 0.717) is 0 Å². The first kappa shape index (κ1) is 28.0. The molecule has 0 N–H and O–H groups in total. The second-order valence-corrected chi connectivity index (χ2v) is 16.5. The molecule has 2 nitrogen and oxygen atoms in total. The summed E-state index contributed by atoms with van der Waals surface area (Å²) < 4.78 is 0. The van der Waals surface area contributed by atoms with Crippen molar-refractivity contribution in [3.8, 4) is 0 Å². The summed E-state index contributed by atoms with van der Waals surface area (Å²) in [6.45, 7) is 14.3. The monoisotopic (exact) mass is 584 g/mol. The Morgan fingerprint density at radius 2 is 1.41 bits per heavy atom. The van der Waals surface area contributed by atoms with E-state index in [2.05, 4.69) is 176 Å². The fourth-order valence-corrected chi connectivity index (χ4v) is 10.6. The van der Waals surface area contributed by atoms with Gasteiger partial charge in [-0.2, -0.15) is 0 Å². The zero-order valence-electron chi connectivity index (χ0n) is 26.0. The Bertz CT molecular complexity index is 1870. The topological polar surface area (TPSA) is 6.48 Å². The predicted molar refractivity (Wildman–Crippen MR) is 194 cm³/mol. The number of allylic oxidation sites excluding steroid dienone is 8. The third-order valence-corrected chi connectivity index (χ3v) is 12.8. The molecule has 4 heteroatoms. The molecule has 214 valence electrons. The summed E-state index contributed by atoms with van der Waals surface area (Å²) in [5.74, 6) is 0. The molecule has 0 saturated carbocycles. The molecule has 0 unspecified atom stereocenters. The summed E-state index contributed by atoms with van der Waals surface area (Å²) in [5.41, 5.74) is 12.3. The van der Waals surface area contributed by atoms with Crippen molar-refractivity contribution in [1.82, 2.24) is 0 Å². The Morgan fingerprint density at radius 1 is 0.795 bits per heavy atom. The largest absolute Gasteiger partial charge is 0.311 e. The fourth-order valence-electron chi connectivity index (χ4n) is 7.41. The highest BCUT2D eigenvalue weighted by Crippen LogP contribution is 2.51. The van der Waals surface area contributed by atoms with Crippen molar-refractivity contribution in [1.29, 1.82) is 0 Å². The van der Waals surface area contributed by atoms with E-state index in [4.69, 9.17) is 6.58 Å². The number of para-hydroxylation sites is 3. The average molecular weight is 585 g/mol. The lowest BCUT2D eigenvalue weighted by molar-refractivity contribution is 1.15. The molecular formula is C40H37BN2Si. The van der Waals surface area contributed by atoms with Crippen molar-refractivity contribution in [3.63, 3.8) is 0 Å². The zero-order valence-corrected chi connectivity index (χ0v) is 27.0. The van der Waals surface area contributed by atoms with Gasteiger partial charge in [0.05, 0.1) is 0 Å². The van der Waals surface area contributed by atoms with Crippen LogP contribution in [0.5, 0.6) is 0 Å². The third kappa shape index (κ3) is 4.32. The van der Waals surface area contributed by atoms with Crippen LogP contribution in [0.4, 0.5) is 22.7 Å². The molecule has 0 bridgehead atoms. The molecule has 0 aromatic heterocycles. The van der Waals surface area contributed by atoms with Gasteiger partial charge in [0.1, 0.15) is 8.07 Å². The Morgan fingerprint density at radius 3 is 2.00 bits per heavy atom. The van der Waals surface area contributed by atoms with E-state index in [-0.39, 0.29) is 6.71 Å². The van der Waals surface area contributed by atoms with Crippen molar-refractivity contribution < 1.29 is 0 Å². The molecular weight excluding hydrogens is 547 g/mol. The van der Waals surface area contributed by atoms with Crippen LogP contribution in [-0.4, -0.2) is 14.8 Å². The Kier molecular flexibility index (Phi) is 7.03. The van der Waals surface area contributed by atoms with Crippen LogP contribution in [0.15, 0.2) is 174 Å². The molecule has 0 amide bonds. The van der Waals surface area contributed by atoms with Crippen molar-refractivity contribution >= 4 is 48.2 Å². The van der Waals surface area contributed by atoms with Crippen LogP contribution in [0, 0.1) is 0 Å². The van der Waals surface area contributed by atoms with E-state index in [1.165, 1.54) is 32.9 Å². The highest BCUT2D eigenvalue weighted by molar-refractivity contribution is 7.08. The van der Waals surface area contributed by atoms with E-state index in [0.717, 1.165) is 28.5 Å². The molecule has 7 rings (SSSR count). The lowest BCUT2D eigenvalue weighted by atomic mass is 9.35. The van der Waals surface area contributed by atoms with Gasteiger partial charge in [0.2, 0.25) is 6.71 Å². The first-order chi connectivity index (χ1) is 21.5. The number of fused-ring (bicyclic) bond motifs is 2. The molecule has 4 aromatic rings. The summed E-state index contributed by atoms with van der Waals surface area (Å²) >= 11 is 0. The van der Waals surface area contributed by atoms with Crippen molar-refractivity contribution in [2.24, 2.45) is 0 Å². The molecule has 0 radical (unpaired) electrons. The molecule has 3 aliphatic rings. The lowest BCUT2D eigenvalue weighted by Gasteiger charge is -2.39. The summed E-state index contributed by atoms with van der Waals surface area (Å²) in [6.07, 6.45) is 11.7. The molecule has 0 saturated heterocycles. The minimum absolute atomic E-state index is 0.191. The van der Waals surface area contributed by atoms with Crippen LogP contribution in [0.3, 0.4) is 0 Å². The normalized spacial score (nSPS) is 18.2. The van der Waals surface area contributed by atoms with Gasteiger partial charge >= 0.3 is 0 Å². The van der Waals surface area contributed by atoms with Gasteiger partial charge in [-0.3, -0.25) is 0 Å². The maximum absolute atomic E-state index is 4.71. The van der Waals surface area contributed by atoms with Gasteiger partial charge in [-0.25, -0.2) is 0 Å². The molecule has 3 heterocycles. The molecule has 0 fully saturated rings. The average Bonchev–Trinajstić information content (AvgIpc) is 3.51. The first-order valence-corrected chi connectivity index (χ1v) is 18.5. The number of hydrogen-bond donors (Lipinski definition) is 0. The van der Waals surface area contributed by atoms with E-state index in [9.17, 15) is 0 Å². The summed E-state index contributed by atoms with van der Waals surface area (Å²) in [5, 5.41) is 3.10. The Hall–Kier alpha value is -4.80. The minimum atomic E-state index is -1.87. The van der Waals surface area contributed by atoms with Gasteiger partial charge < -0.3 is 9.80 Å². The van der Waals surface area contributed by atoms with Gasteiger partial charge in [0.25, 0.3) is 0 Å². The first-order valence-electron chi connectivity index (χ1n) is 15.5. The van der Waals surface area contributed by atoms with Crippen molar-refractivity contribution in [2.75, 3.05) is 9.80 Å². The Labute approximate surface area is 263 Å². The Balaban J connectivity index is 1.47. The molecule has 0 aliphatic carbocycles. The second kappa shape index (κ2) is 11.0. The number of nitrogens with zero attached hydrogens (tertiary/aromatic N) is 2. The van der Waals surface area contributed by atoms with Gasteiger partial charge in [-0.05, 0) is 78.9 Å². The van der Waals surface area contributed by atoms with E-state index < -0.39 is 8.07 Å². The molecule has 4 aromatic carbocycles. The zero-order chi connectivity index (χ0) is 30.4. The van der Waals surface area contributed by atoms with Crippen LogP contribution in [0.25, 0.3) is 5.20 Å². The highest BCUT2D eigenvalue weighted by atomic mass is 28.3.